The molecule has 1 saturated heterocycles. The number of anilines is 1. The highest BCUT2D eigenvalue weighted by Crippen LogP contribution is 2.20. The Balaban J connectivity index is 1.55. The summed E-state index contributed by atoms with van der Waals surface area (Å²) < 4.78 is 33.5. The molecule has 0 unspecified atom stereocenters. The molecule has 0 saturated carbocycles. The van der Waals surface area contributed by atoms with Crippen molar-refractivity contribution in [2.75, 3.05) is 44.6 Å². The number of likely N-dealkylation sites (N-methyl/N-ethyl adjacent to an activating group) is 1. The summed E-state index contributed by atoms with van der Waals surface area (Å²) >= 11 is 3.34. The van der Waals surface area contributed by atoms with Gasteiger partial charge >= 0.3 is 0 Å². The molecule has 1 N–H and O–H groups in total. The maximum absolute atomic E-state index is 12.8. The highest BCUT2D eigenvalue weighted by Gasteiger charge is 2.27. The Hall–Kier alpha value is -1.94. The highest BCUT2D eigenvalue weighted by molar-refractivity contribution is 9.10. The van der Waals surface area contributed by atoms with E-state index < -0.39 is 10.0 Å². The summed E-state index contributed by atoms with van der Waals surface area (Å²) in [5.74, 6) is 0.271. The van der Waals surface area contributed by atoms with Crippen LogP contribution in [-0.2, 0) is 14.8 Å². The molecule has 0 atom stereocenters. The summed E-state index contributed by atoms with van der Waals surface area (Å²) in [4.78, 5) is 14.5. The number of piperazine rings is 1. The van der Waals surface area contributed by atoms with Crippen molar-refractivity contribution in [2.45, 2.75) is 11.8 Å². The van der Waals surface area contributed by atoms with Crippen molar-refractivity contribution < 1.29 is 17.9 Å². The van der Waals surface area contributed by atoms with E-state index in [-0.39, 0.29) is 17.4 Å². The van der Waals surface area contributed by atoms with E-state index in [1.165, 1.54) is 16.4 Å². The van der Waals surface area contributed by atoms with Crippen LogP contribution in [-0.4, -0.2) is 62.9 Å². The average Bonchev–Trinajstić information content (AvgIpc) is 2.74. The predicted octanol–water partition coefficient (Wildman–Crippen LogP) is 2.79. The summed E-state index contributed by atoms with van der Waals surface area (Å²) in [5, 5.41) is 2.71. The first-order chi connectivity index (χ1) is 13.9. The number of carbonyl (C=O) groups is 1. The third-order valence-electron chi connectivity index (χ3n) is 4.74. The number of amides is 1. The Morgan fingerprint density at radius 3 is 2.24 bits per heavy atom. The van der Waals surface area contributed by atoms with Gasteiger partial charge < -0.3 is 15.0 Å². The first-order valence-corrected chi connectivity index (χ1v) is 11.6. The lowest BCUT2D eigenvalue weighted by Crippen LogP contribution is -2.48. The Bertz CT molecular complexity index is 925. The van der Waals surface area contributed by atoms with Gasteiger partial charge in [-0.25, -0.2) is 8.42 Å². The maximum atomic E-state index is 12.8. The zero-order valence-corrected chi connectivity index (χ0v) is 18.6. The van der Waals surface area contributed by atoms with E-state index in [4.69, 9.17) is 4.74 Å². The number of sulfonamides is 1. The van der Waals surface area contributed by atoms with Gasteiger partial charge in [0.1, 0.15) is 5.75 Å². The molecule has 29 heavy (non-hydrogen) atoms. The molecule has 1 amide bonds. The average molecular weight is 482 g/mol. The Labute approximate surface area is 179 Å². The largest absolute Gasteiger partial charge is 0.484 e. The Kier molecular flexibility index (Phi) is 7.28. The molecule has 0 aromatic heterocycles. The van der Waals surface area contributed by atoms with Gasteiger partial charge in [0.2, 0.25) is 10.0 Å². The van der Waals surface area contributed by atoms with Gasteiger partial charge in [0, 0.05) is 36.3 Å². The fraction of sp³-hybridized carbons (Fsp3) is 0.350. The molecule has 7 nitrogen and oxygen atoms in total. The summed E-state index contributed by atoms with van der Waals surface area (Å²) in [6.45, 7) is 5.31. The molecule has 3 rings (SSSR count). The van der Waals surface area contributed by atoms with Crippen molar-refractivity contribution in [2.24, 2.45) is 0 Å². The summed E-state index contributed by atoms with van der Waals surface area (Å²) in [6.07, 6.45) is 0. The molecule has 1 aliphatic rings. The lowest BCUT2D eigenvalue weighted by atomic mass is 10.3. The van der Waals surface area contributed by atoms with Gasteiger partial charge in [0.25, 0.3) is 5.91 Å². The SMILES string of the molecule is CCN1CCN(S(=O)(=O)c2ccc(NC(=O)COc3ccc(Br)cc3)cc2)CC1. The van der Waals surface area contributed by atoms with Crippen LogP contribution in [0.15, 0.2) is 57.9 Å². The minimum atomic E-state index is -3.52. The fourth-order valence-corrected chi connectivity index (χ4v) is 4.71. The van der Waals surface area contributed by atoms with E-state index in [0.29, 0.717) is 24.5 Å². The molecule has 9 heteroatoms. The minimum absolute atomic E-state index is 0.136. The van der Waals surface area contributed by atoms with E-state index in [1.807, 2.05) is 12.1 Å². The van der Waals surface area contributed by atoms with E-state index >= 15 is 0 Å². The second kappa shape index (κ2) is 9.71. The van der Waals surface area contributed by atoms with Crippen LogP contribution in [0.4, 0.5) is 5.69 Å². The number of benzene rings is 2. The van der Waals surface area contributed by atoms with Crippen LogP contribution in [0.1, 0.15) is 6.92 Å². The van der Waals surface area contributed by atoms with Crippen LogP contribution in [0.3, 0.4) is 0 Å². The molecule has 1 heterocycles. The smallest absolute Gasteiger partial charge is 0.262 e. The molecule has 0 spiro atoms. The molecule has 0 radical (unpaired) electrons. The number of halogens is 1. The number of nitrogens with one attached hydrogen (secondary N) is 1. The topological polar surface area (TPSA) is 79.0 Å². The fourth-order valence-electron chi connectivity index (χ4n) is 3.02. The van der Waals surface area contributed by atoms with Gasteiger partial charge in [-0.3, -0.25) is 4.79 Å². The normalized spacial score (nSPS) is 15.8. The van der Waals surface area contributed by atoms with E-state index in [9.17, 15) is 13.2 Å². The van der Waals surface area contributed by atoms with Gasteiger partial charge in [0.05, 0.1) is 4.90 Å². The number of ether oxygens (including phenoxy) is 1. The number of hydrogen-bond donors (Lipinski definition) is 1. The van der Waals surface area contributed by atoms with E-state index in [1.54, 1.807) is 24.3 Å². The van der Waals surface area contributed by atoms with Gasteiger partial charge in [0.15, 0.2) is 6.61 Å². The van der Waals surface area contributed by atoms with Crippen LogP contribution in [0.5, 0.6) is 5.75 Å². The van der Waals surface area contributed by atoms with Crippen molar-refractivity contribution in [3.63, 3.8) is 0 Å². The molecule has 1 aliphatic heterocycles. The first kappa shape index (κ1) is 21.8. The number of rotatable bonds is 7. The van der Waals surface area contributed by atoms with Crippen molar-refractivity contribution in [1.29, 1.82) is 0 Å². The third-order valence-corrected chi connectivity index (χ3v) is 7.18. The molecular formula is C20H24BrN3O4S. The lowest BCUT2D eigenvalue weighted by molar-refractivity contribution is -0.118. The van der Waals surface area contributed by atoms with Crippen molar-refractivity contribution in [3.8, 4) is 5.75 Å². The van der Waals surface area contributed by atoms with Crippen LogP contribution in [0.2, 0.25) is 0 Å². The maximum Gasteiger partial charge on any atom is 0.262 e. The molecule has 0 bridgehead atoms. The Morgan fingerprint density at radius 2 is 1.66 bits per heavy atom. The number of nitrogens with zero attached hydrogens (tertiary/aromatic N) is 2. The number of carbonyl (C=O) groups excluding carboxylic acids is 1. The van der Waals surface area contributed by atoms with Gasteiger partial charge in [-0.2, -0.15) is 4.31 Å². The predicted molar refractivity (Wildman–Crippen MR) is 116 cm³/mol. The molecular weight excluding hydrogens is 458 g/mol. The van der Waals surface area contributed by atoms with Gasteiger partial charge in [-0.1, -0.05) is 22.9 Å². The Morgan fingerprint density at radius 1 is 1.03 bits per heavy atom. The quantitative estimate of drug-likeness (QED) is 0.657. The van der Waals surface area contributed by atoms with Crippen LogP contribution >= 0.6 is 15.9 Å². The van der Waals surface area contributed by atoms with Crippen LogP contribution < -0.4 is 10.1 Å². The molecule has 2 aromatic carbocycles. The highest BCUT2D eigenvalue weighted by atomic mass is 79.9. The number of hydrogen-bond acceptors (Lipinski definition) is 5. The van der Waals surface area contributed by atoms with Gasteiger partial charge in [-0.05, 0) is 55.1 Å². The summed E-state index contributed by atoms with van der Waals surface area (Å²) in [6, 6.07) is 13.4. The zero-order valence-electron chi connectivity index (χ0n) is 16.2. The third kappa shape index (κ3) is 5.79. The summed E-state index contributed by atoms with van der Waals surface area (Å²) in [7, 11) is -3.52. The van der Waals surface area contributed by atoms with E-state index in [2.05, 4.69) is 33.1 Å². The first-order valence-electron chi connectivity index (χ1n) is 9.39. The van der Waals surface area contributed by atoms with E-state index in [0.717, 1.165) is 24.1 Å². The molecule has 1 fully saturated rings. The van der Waals surface area contributed by atoms with Crippen molar-refractivity contribution >= 4 is 37.5 Å². The second-order valence-electron chi connectivity index (χ2n) is 6.65. The molecule has 0 aliphatic carbocycles. The zero-order chi connectivity index (χ0) is 20.9. The van der Waals surface area contributed by atoms with Crippen molar-refractivity contribution in [1.82, 2.24) is 9.21 Å². The minimum Gasteiger partial charge on any atom is -0.484 e. The molecule has 2 aromatic rings. The molecule has 156 valence electrons. The standard InChI is InChI=1S/C20H24BrN3O4S/c1-2-23-11-13-24(14-12-23)29(26,27)19-9-5-17(6-10-19)22-20(25)15-28-18-7-3-16(21)4-8-18/h3-10H,2,11-15H2,1H3,(H,22,25). The lowest BCUT2D eigenvalue weighted by Gasteiger charge is -2.33. The summed E-state index contributed by atoms with van der Waals surface area (Å²) in [5.41, 5.74) is 0.518. The van der Waals surface area contributed by atoms with Crippen LogP contribution in [0, 0.1) is 0 Å². The van der Waals surface area contributed by atoms with Gasteiger partial charge in [-0.15, -0.1) is 0 Å². The van der Waals surface area contributed by atoms with Crippen LogP contribution in [0.25, 0.3) is 0 Å². The monoisotopic (exact) mass is 481 g/mol. The second-order valence-corrected chi connectivity index (χ2v) is 9.51. The van der Waals surface area contributed by atoms with Crippen molar-refractivity contribution in [3.05, 3.63) is 53.0 Å².